The van der Waals surface area contributed by atoms with Crippen molar-refractivity contribution in [1.29, 1.82) is 0 Å². The van der Waals surface area contributed by atoms with E-state index in [0.29, 0.717) is 5.69 Å². The van der Waals surface area contributed by atoms with Crippen LogP contribution in [0.15, 0.2) is 36.5 Å². The van der Waals surface area contributed by atoms with Gasteiger partial charge in [-0.2, -0.15) is 0 Å². The maximum Gasteiger partial charge on any atom is 0.272 e. The van der Waals surface area contributed by atoms with Crippen LogP contribution in [0, 0.1) is 5.82 Å². The molecular formula is C22H24FN5OS. The molecule has 0 bridgehead atoms. The van der Waals surface area contributed by atoms with Crippen LogP contribution in [-0.4, -0.2) is 41.0 Å². The highest BCUT2D eigenvalue weighted by Gasteiger charge is 2.31. The first-order valence-corrected chi connectivity index (χ1v) is 11.3. The van der Waals surface area contributed by atoms with Crippen LogP contribution in [0.5, 0.6) is 0 Å². The summed E-state index contributed by atoms with van der Waals surface area (Å²) in [5, 5.41) is 7.43. The summed E-state index contributed by atoms with van der Waals surface area (Å²) in [6, 6.07) is 8.61. The summed E-state index contributed by atoms with van der Waals surface area (Å²) in [6.45, 7) is 1.94. The molecule has 1 saturated carbocycles. The molecule has 5 rings (SSSR count). The Morgan fingerprint density at radius 1 is 1.13 bits per heavy atom. The molecule has 0 spiro atoms. The van der Waals surface area contributed by atoms with E-state index in [1.54, 1.807) is 12.3 Å². The van der Waals surface area contributed by atoms with Gasteiger partial charge in [-0.25, -0.2) is 14.4 Å². The molecule has 1 aromatic carbocycles. The third-order valence-electron chi connectivity index (χ3n) is 5.94. The molecule has 2 aromatic heterocycles. The highest BCUT2D eigenvalue weighted by atomic mass is 32.1. The first-order valence-electron chi connectivity index (χ1n) is 10.5. The summed E-state index contributed by atoms with van der Waals surface area (Å²) in [4.78, 5) is 24.3. The van der Waals surface area contributed by atoms with Crippen LogP contribution < -0.4 is 15.5 Å². The fourth-order valence-electron chi connectivity index (χ4n) is 4.45. The quantitative estimate of drug-likeness (QED) is 0.641. The third-order valence-corrected chi connectivity index (χ3v) is 6.89. The van der Waals surface area contributed by atoms with Gasteiger partial charge in [-0.3, -0.25) is 4.79 Å². The van der Waals surface area contributed by atoms with Crippen molar-refractivity contribution in [2.75, 3.05) is 23.3 Å². The topological polar surface area (TPSA) is 70.1 Å². The molecule has 0 radical (unpaired) electrons. The zero-order valence-electron chi connectivity index (χ0n) is 16.6. The van der Waals surface area contributed by atoms with E-state index in [-0.39, 0.29) is 23.8 Å². The Morgan fingerprint density at radius 2 is 1.97 bits per heavy atom. The largest absolute Gasteiger partial charge is 0.370 e. The molecule has 1 amide bonds. The Kier molecular flexibility index (Phi) is 5.25. The van der Waals surface area contributed by atoms with E-state index >= 15 is 0 Å². The van der Waals surface area contributed by atoms with Gasteiger partial charge in [0, 0.05) is 31.4 Å². The highest BCUT2D eigenvalue weighted by molar-refractivity contribution is 7.22. The van der Waals surface area contributed by atoms with Crippen LogP contribution in [0.3, 0.4) is 0 Å². The van der Waals surface area contributed by atoms with Gasteiger partial charge in [0.25, 0.3) is 5.91 Å². The number of carbonyl (C=O) groups is 1. The van der Waals surface area contributed by atoms with Crippen LogP contribution in [0.2, 0.25) is 0 Å². The van der Waals surface area contributed by atoms with E-state index < -0.39 is 0 Å². The van der Waals surface area contributed by atoms with Crippen molar-refractivity contribution in [1.82, 2.24) is 15.3 Å². The number of nitrogens with one attached hydrogen (secondary N) is 2. The normalized spacial score (nSPS) is 21.3. The summed E-state index contributed by atoms with van der Waals surface area (Å²) >= 11 is 1.44. The smallest absolute Gasteiger partial charge is 0.272 e. The monoisotopic (exact) mass is 425 g/mol. The number of aromatic nitrogens is 2. The molecule has 1 aliphatic carbocycles. The molecule has 1 unspecified atom stereocenters. The lowest BCUT2D eigenvalue weighted by Crippen LogP contribution is -2.44. The predicted molar refractivity (Wildman–Crippen MR) is 118 cm³/mol. The number of nitrogens with zero attached hydrogens (tertiary/aromatic N) is 3. The van der Waals surface area contributed by atoms with Gasteiger partial charge in [0.05, 0.1) is 15.9 Å². The third kappa shape index (κ3) is 3.84. The molecule has 1 saturated heterocycles. The summed E-state index contributed by atoms with van der Waals surface area (Å²) in [5.41, 5.74) is 2.20. The Morgan fingerprint density at radius 3 is 2.83 bits per heavy atom. The second-order valence-electron chi connectivity index (χ2n) is 7.96. The van der Waals surface area contributed by atoms with Gasteiger partial charge in [0.2, 0.25) is 0 Å². The van der Waals surface area contributed by atoms with Crippen LogP contribution in [0.25, 0.3) is 10.2 Å². The number of hydrogen-bond donors (Lipinski definition) is 2. The van der Waals surface area contributed by atoms with Gasteiger partial charge >= 0.3 is 0 Å². The summed E-state index contributed by atoms with van der Waals surface area (Å²) in [5.74, 6) is -0.379. The maximum atomic E-state index is 13.5. The zero-order chi connectivity index (χ0) is 20.5. The molecule has 2 N–H and O–H groups in total. The van der Waals surface area contributed by atoms with E-state index in [0.717, 1.165) is 66.2 Å². The number of thiazole rings is 1. The number of pyridine rings is 1. The minimum atomic E-state index is -0.257. The summed E-state index contributed by atoms with van der Waals surface area (Å²) < 4.78 is 14.3. The molecular weight excluding hydrogens is 401 g/mol. The fourth-order valence-corrected chi connectivity index (χ4v) is 5.40. The van der Waals surface area contributed by atoms with Crippen LogP contribution in [0.4, 0.5) is 15.2 Å². The van der Waals surface area contributed by atoms with Crippen molar-refractivity contribution in [2.45, 2.75) is 44.2 Å². The van der Waals surface area contributed by atoms with Crippen molar-refractivity contribution >= 4 is 38.3 Å². The molecule has 156 valence electrons. The van der Waals surface area contributed by atoms with Crippen LogP contribution in [-0.2, 0) is 0 Å². The number of hydrogen-bond acceptors (Lipinski definition) is 6. The van der Waals surface area contributed by atoms with Crippen molar-refractivity contribution in [3.8, 4) is 0 Å². The fraction of sp³-hybridized carbons (Fsp3) is 0.409. The van der Waals surface area contributed by atoms with E-state index in [1.165, 1.54) is 23.5 Å². The average Bonchev–Trinajstić information content (AvgIpc) is 3.49. The number of anilines is 2. The summed E-state index contributed by atoms with van der Waals surface area (Å²) in [7, 11) is 0. The molecule has 30 heavy (non-hydrogen) atoms. The lowest BCUT2D eigenvalue weighted by molar-refractivity contribution is 0.0931. The van der Waals surface area contributed by atoms with Crippen molar-refractivity contribution in [3.63, 3.8) is 0 Å². The van der Waals surface area contributed by atoms with E-state index in [9.17, 15) is 9.18 Å². The van der Waals surface area contributed by atoms with Crippen molar-refractivity contribution < 1.29 is 9.18 Å². The minimum absolute atomic E-state index is 0.00897. The second kappa shape index (κ2) is 8.18. The summed E-state index contributed by atoms with van der Waals surface area (Å²) in [6.07, 6.45) is 6.88. The second-order valence-corrected chi connectivity index (χ2v) is 8.99. The SMILES string of the molecule is O=C(NC1CCC[C@@H]1Nc1nc2ccc(F)cc2s1)c1ncccc1N1CCCC1. The van der Waals surface area contributed by atoms with E-state index in [4.69, 9.17) is 0 Å². The number of amides is 1. The number of fused-ring (bicyclic) bond motifs is 1. The standard InChI is InChI=1S/C22H24FN5OS/c23-14-8-9-17-19(13-14)30-22(27-17)26-16-6-3-5-15(16)25-21(29)20-18(7-4-10-24-20)28-11-1-2-12-28/h4,7-10,13,15-16H,1-3,5-6,11-12H2,(H,25,29)(H,26,27)/t15?,16-/m0/s1. The maximum absolute atomic E-state index is 13.5. The zero-order valence-corrected chi connectivity index (χ0v) is 17.4. The number of carbonyl (C=O) groups excluding carboxylic acids is 1. The van der Waals surface area contributed by atoms with Gasteiger partial charge in [0.1, 0.15) is 5.82 Å². The predicted octanol–water partition coefficient (Wildman–Crippen LogP) is 4.19. The Hall–Kier alpha value is -2.74. The molecule has 3 heterocycles. The first-order chi connectivity index (χ1) is 14.7. The molecule has 2 atom stereocenters. The van der Waals surface area contributed by atoms with Crippen molar-refractivity contribution in [3.05, 3.63) is 48.0 Å². The average molecular weight is 426 g/mol. The Balaban J connectivity index is 1.30. The highest BCUT2D eigenvalue weighted by Crippen LogP contribution is 2.30. The number of halogens is 1. The lowest BCUT2D eigenvalue weighted by atomic mass is 10.1. The molecule has 3 aromatic rings. The van der Waals surface area contributed by atoms with Gasteiger partial charge in [-0.05, 0) is 62.4 Å². The van der Waals surface area contributed by atoms with Gasteiger partial charge in [0.15, 0.2) is 10.8 Å². The van der Waals surface area contributed by atoms with Crippen LogP contribution in [0.1, 0.15) is 42.6 Å². The van der Waals surface area contributed by atoms with Gasteiger partial charge in [-0.1, -0.05) is 11.3 Å². The van der Waals surface area contributed by atoms with E-state index in [2.05, 4.69) is 25.5 Å². The molecule has 6 nitrogen and oxygen atoms in total. The molecule has 2 fully saturated rings. The lowest BCUT2D eigenvalue weighted by Gasteiger charge is -2.24. The number of rotatable bonds is 5. The molecule has 1 aliphatic heterocycles. The van der Waals surface area contributed by atoms with E-state index in [1.807, 2.05) is 12.1 Å². The minimum Gasteiger partial charge on any atom is -0.370 e. The van der Waals surface area contributed by atoms with Crippen LogP contribution >= 0.6 is 11.3 Å². The molecule has 8 heteroatoms. The van der Waals surface area contributed by atoms with Gasteiger partial charge < -0.3 is 15.5 Å². The number of benzene rings is 1. The Labute approximate surface area is 178 Å². The Bertz CT molecular complexity index is 1060. The van der Waals surface area contributed by atoms with Gasteiger partial charge in [-0.15, -0.1) is 0 Å². The molecule has 2 aliphatic rings. The first kappa shape index (κ1) is 19.2. The van der Waals surface area contributed by atoms with Crippen molar-refractivity contribution in [2.24, 2.45) is 0 Å².